The Kier molecular flexibility index (Phi) is 5.11. The van der Waals surface area contributed by atoms with Gasteiger partial charge in [0.2, 0.25) is 0 Å². The van der Waals surface area contributed by atoms with Crippen LogP contribution in [0, 0.1) is 11.8 Å². The van der Waals surface area contributed by atoms with E-state index in [0.717, 1.165) is 4.90 Å². The van der Waals surface area contributed by atoms with Gasteiger partial charge in [0.25, 0.3) is 0 Å². The van der Waals surface area contributed by atoms with E-state index in [-0.39, 0.29) is 6.54 Å². The highest BCUT2D eigenvalue weighted by Crippen LogP contribution is 2.19. The minimum Gasteiger partial charge on any atom is -0.338 e. The molecule has 5 heteroatoms. The van der Waals surface area contributed by atoms with Crippen LogP contribution in [0.25, 0.3) is 0 Å². The summed E-state index contributed by atoms with van der Waals surface area (Å²) < 4.78 is 36.0. The van der Waals surface area contributed by atoms with Crippen LogP contribution in [0.15, 0.2) is 0 Å². The van der Waals surface area contributed by atoms with Crippen LogP contribution < -0.4 is 0 Å². The molecule has 0 heterocycles. The maximum atomic E-state index is 12.0. The summed E-state index contributed by atoms with van der Waals surface area (Å²) in [6.07, 6.45) is -4.16. The maximum Gasteiger partial charge on any atom is 0.471 e. The third kappa shape index (κ3) is 5.04. The Labute approximate surface area is 88.4 Å². The van der Waals surface area contributed by atoms with Gasteiger partial charge >= 0.3 is 12.1 Å². The van der Waals surface area contributed by atoms with E-state index >= 15 is 0 Å². The molecule has 1 unspecified atom stereocenters. The van der Waals surface area contributed by atoms with Crippen molar-refractivity contribution in [3.05, 3.63) is 0 Å². The predicted molar refractivity (Wildman–Crippen MR) is 52.3 cm³/mol. The van der Waals surface area contributed by atoms with Crippen LogP contribution in [0.1, 0.15) is 27.2 Å². The van der Waals surface area contributed by atoms with Gasteiger partial charge in [-0.2, -0.15) is 13.2 Å². The van der Waals surface area contributed by atoms with Crippen molar-refractivity contribution in [2.45, 2.75) is 33.4 Å². The standard InChI is InChI=1S/C10H18F3NO/c1-7(2)8(3)5-6-14(4)9(15)10(11,12)13/h7-8H,5-6H2,1-4H3. The van der Waals surface area contributed by atoms with E-state index < -0.39 is 12.1 Å². The summed E-state index contributed by atoms with van der Waals surface area (Å²) in [5.74, 6) is -1.04. The fourth-order valence-corrected chi connectivity index (χ4v) is 1.05. The normalized spacial score (nSPS) is 14.1. The van der Waals surface area contributed by atoms with Crippen molar-refractivity contribution in [2.24, 2.45) is 11.8 Å². The second kappa shape index (κ2) is 5.37. The van der Waals surface area contributed by atoms with Crippen molar-refractivity contribution in [1.82, 2.24) is 4.90 Å². The van der Waals surface area contributed by atoms with E-state index in [1.807, 2.05) is 20.8 Å². The molecule has 0 N–H and O–H groups in total. The van der Waals surface area contributed by atoms with Gasteiger partial charge in [-0.3, -0.25) is 4.79 Å². The van der Waals surface area contributed by atoms with E-state index in [1.165, 1.54) is 7.05 Å². The van der Waals surface area contributed by atoms with Crippen LogP contribution >= 0.6 is 0 Å². The molecule has 0 radical (unpaired) electrons. The minimum atomic E-state index is -4.75. The Hall–Kier alpha value is -0.740. The third-order valence-corrected chi connectivity index (χ3v) is 2.65. The number of hydrogen-bond donors (Lipinski definition) is 0. The van der Waals surface area contributed by atoms with Crippen LogP contribution in [-0.2, 0) is 4.79 Å². The molecular formula is C10H18F3NO. The number of carbonyl (C=O) groups excluding carboxylic acids is 1. The Morgan fingerprint density at radius 1 is 1.27 bits per heavy atom. The van der Waals surface area contributed by atoms with Crippen molar-refractivity contribution in [3.63, 3.8) is 0 Å². The molecule has 15 heavy (non-hydrogen) atoms. The second-order valence-corrected chi connectivity index (χ2v) is 4.23. The fraction of sp³-hybridized carbons (Fsp3) is 0.900. The highest BCUT2D eigenvalue weighted by Gasteiger charge is 2.41. The zero-order valence-electron chi connectivity index (χ0n) is 9.56. The molecular weight excluding hydrogens is 207 g/mol. The van der Waals surface area contributed by atoms with Gasteiger partial charge < -0.3 is 4.90 Å². The lowest BCUT2D eigenvalue weighted by molar-refractivity contribution is -0.184. The lowest BCUT2D eigenvalue weighted by Gasteiger charge is -2.22. The molecule has 0 aliphatic heterocycles. The number of rotatable bonds is 4. The van der Waals surface area contributed by atoms with E-state index in [0.29, 0.717) is 18.3 Å². The second-order valence-electron chi connectivity index (χ2n) is 4.23. The molecule has 0 aromatic heterocycles. The summed E-state index contributed by atoms with van der Waals surface area (Å²) in [7, 11) is 1.18. The first-order valence-corrected chi connectivity index (χ1v) is 4.98. The van der Waals surface area contributed by atoms with Crippen LogP contribution in [-0.4, -0.2) is 30.6 Å². The largest absolute Gasteiger partial charge is 0.471 e. The molecule has 0 aliphatic rings. The zero-order chi connectivity index (χ0) is 12.2. The highest BCUT2D eigenvalue weighted by atomic mass is 19.4. The van der Waals surface area contributed by atoms with Gasteiger partial charge in [-0.25, -0.2) is 0 Å². The van der Waals surface area contributed by atoms with E-state index in [9.17, 15) is 18.0 Å². The van der Waals surface area contributed by atoms with Gasteiger partial charge in [-0.15, -0.1) is 0 Å². The first-order valence-electron chi connectivity index (χ1n) is 4.98. The topological polar surface area (TPSA) is 20.3 Å². The quantitative estimate of drug-likeness (QED) is 0.720. The van der Waals surface area contributed by atoms with E-state index in [4.69, 9.17) is 0 Å². The predicted octanol–water partition coefficient (Wildman–Crippen LogP) is 2.69. The number of hydrogen-bond acceptors (Lipinski definition) is 1. The van der Waals surface area contributed by atoms with Gasteiger partial charge in [0.15, 0.2) is 0 Å². The van der Waals surface area contributed by atoms with E-state index in [2.05, 4.69) is 0 Å². The monoisotopic (exact) mass is 225 g/mol. The molecule has 0 rings (SSSR count). The fourth-order valence-electron chi connectivity index (χ4n) is 1.05. The smallest absolute Gasteiger partial charge is 0.338 e. The molecule has 0 saturated carbocycles. The van der Waals surface area contributed by atoms with Gasteiger partial charge in [0.05, 0.1) is 0 Å². The van der Waals surface area contributed by atoms with Gasteiger partial charge in [0, 0.05) is 13.6 Å². The number of halogens is 3. The molecule has 0 spiro atoms. The van der Waals surface area contributed by atoms with Crippen molar-refractivity contribution >= 4 is 5.91 Å². The van der Waals surface area contributed by atoms with Crippen LogP contribution in [0.2, 0.25) is 0 Å². The molecule has 0 aromatic carbocycles. The highest BCUT2D eigenvalue weighted by molar-refractivity contribution is 5.81. The molecule has 90 valence electrons. The van der Waals surface area contributed by atoms with Crippen molar-refractivity contribution in [3.8, 4) is 0 Å². The number of nitrogens with zero attached hydrogens (tertiary/aromatic N) is 1. The summed E-state index contributed by atoms with van der Waals surface area (Å²) in [5, 5.41) is 0. The zero-order valence-corrected chi connectivity index (χ0v) is 9.56. The number of amides is 1. The molecule has 0 fully saturated rings. The third-order valence-electron chi connectivity index (χ3n) is 2.65. The number of carbonyl (C=O) groups is 1. The van der Waals surface area contributed by atoms with Crippen LogP contribution in [0.3, 0.4) is 0 Å². The summed E-state index contributed by atoms with van der Waals surface area (Å²) in [6, 6.07) is 0. The summed E-state index contributed by atoms with van der Waals surface area (Å²) in [5.41, 5.74) is 0. The molecule has 2 nitrogen and oxygen atoms in total. The molecule has 1 atom stereocenters. The molecule has 0 aromatic rings. The SMILES string of the molecule is CC(C)C(C)CCN(C)C(=O)C(F)(F)F. The summed E-state index contributed by atoms with van der Waals surface area (Å²) in [4.78, 5) is 11.5. The molecule has 1 amide bonds. The summed E-state index contributed by atoms with van der Waals surface area (Å²) >= 11 is 0. The van der Waals surface area contributed by atoms with E-state index in [1.54, 1.807) is 0 Å². The molecule has 0 bridgehead atoms. The van der Waals surface area contributed by atoms with Gasteiger partial charge in [-0.05, 0) is 18.3 Å². The average molecular weight is 225 g/mol. The minimum absolute atomic E-state index is 0.150. The van der Waals surface area contributed by atoms with Gasteiger partial charge in [-0.1, -0.05) is 20.8 Å². The Morgan fingerprint density at radius 2 is 1.73 bits per heavy atom. The number of alkyl halides is 3. The lowest BCUT2D eigenvalue weighted by Crippen LogP contribution is -2.39. The summed E-state index contributed by atoms with van der Waals surface area (Å²) in [6.45, 7) is 6.14. The Bertz CT molecular complexity index is 213. The van der Waals surface area contributed by atoms with Crippen molar-refractivity contribution < 1.29 is 18.0 Å². The van der Waals surface area contributed by atoms with Crippen molar-refractivity contribution in [1.29, 1.82) is 0 Å². The van der Waals surface area contributed by atoms with Crippen molar-refractivity contribution in [2.75, 3.05) is 13.6 Å². The van der Waals surface area contributed by atoms with Crippen LogP contribution in [0.4, 0.5) is 13.2 Å². The van der Waals surface area contributed by atoms with Gasteiger partial charge in [0.1, 0.15) is 0 Å². The van der Waals surface area contributed by atoms with Crippen LogP contribution in [0.5, 0.6) is 0 Å². The first-order chi connectivity index (χ1) is 6.66. The average Bonchev–Trinajstić information content (AvgIpc) is 2.10. The molecule has 0 aliphatic carbocycles. The Balaban J connectivity index is 4.05. The molecule has 0 saturated heterocycles. The first kappa shape index (κ1) is 14.3. The maximum absolute atomic E-state index is 12.0. The lowest BCUT2D eigenvalue weighted by atomic mass is 9.95. The Morgan fingerprint density at radius 3 is 2.07 bits per heavy atom.